The van der Waals surface area contributed by atoms with E-state index < -0.39 is 0 Å². The van der Waals surface area contributed by atoms with E-state index in [9.17, 15) is 9.59 Å². The predicted molar refractivity (Wildman–Crippen MR) is 85.2 cm³/mol. The number of imide groups is 1. The number of hydrogen-bond donors (Lipinski definition) is 2. The van der Waals surface area contributed by atoms with Crippen molar-refractivity contribution in [1.29, 1.82) is 0 Å². The predicted octanol–water partition coefficient (Wildman–Crippen LogP) is 1.94. The molecule has 1 fully saturated rings. The Hall–Kier alpha value is -2.24. The number of likely N-dealkylation sites (tertiary alicyclic amines) is 1. The number of nitrogens with two attached hydrogens (primary N) is 2. The summed E-state index contributed by atoms with van der Waals surface area (Å²) in [5, 5.41) is 0. The molecule has 1 aromatic carbocycles. The second kappa shape index (κ2) is 7.68. The summed E-state index contributed by atoms with van der Waals surface area (Å²) in [7, 11) is 0. The van der Waals surface area contributed by atoms with E-state index in [0.29, 0.717) is 43.1 Å². The van der Waals surface area contributed by atoms with Crippen LogP contribution in [0.3, 0.4) is 0 Å². The van der Waals surface area contributed by atoms with Gasteiger partial charge in [0, 0.05) is 25.1 Å². The molecule has 120 valence electrons. The van der Waals surface area contributed by atoms with E-state index in [0.717, 1.165) is 25.7 Å². The van der Waals surface area contributed by atoms with Crippen molar-refractivity contribution in [3.63, 3.8) is 0 Å². The van der Waals surface area contributed by atoms with Gasteiger partial charge >= 0.3 is 0 Å². The number of nitrogen functional groups attached to an aromatic ring is 2. The zero-order valence-corrected chi connectivity index (χ0v) is 12.7. The monoisotopic (exact) mass is 305 g/mol. The molecule has 0 radical (unpaired) electrons. The van der Waals surface area contributed by atoms with Gasteiger partial charge < -0.3 is 16.2 Å². The first-order valence-electron chi connectivity index (χ1n) is 7.69. The van der Waals surface area contributed by atoms with Gasteiger partial charge in [-0.15, -0.1) is 0 Å². The highest BCUT2D eigenvalue weighted by Crippen LogP contribution is 2.23. The Morgan fingerprint density at radius 1 is 1.00 bits per heavy atom. The van der Waals surface area contributed by atoms with Gasteiger partial charge in [-0.1, -0.05) is 12.8 Å². The van der Waals surface area contributed by atoms with Crippen molar-refractivity contribution in [3.8, 4) is 5.75 Å². The molecule has 0 aliphatic carbocycles. The fourth-order valence-corrected chi connectivity index (χ4v) is 2.48. The van der Waals surface area contributed by atoms with Crippen LogP contribution in [0.25, 0.3) is 0 Å². The second-order valence-corrected chi connectivity index (χ2v) is 5.50. The van der Waals surface area contributed by atoms with Crippen molar-refractivity contribution in [2.45, 2.75) is 38.5 Å². The highest BCUT2D eigenvalue weighted by molar-refractivity contribution is 6.01. The normalized spacial score (nSPS) is 14.6. The molecule has 2 rings (SSSR count). The van der Waals surface area contributed by atoms with Crippen LogP contribution < -0.4 is 16.2 Å². The van der Waals surface area contributed by atoms with Gasteiger partial charge in [-0.2, -0.15) is 0 Å². The molecule has 0 bridgehead atoms. The summed E-state index contributed by atoms with van der Waals surface area (Å²) in [5.41, 5.74) is 12.6. The van der Waals surface area contributed by atoms with Crippen LogP contribution in [0.4, 0.5) is 11.4 Å². The summed E-state index contributed by atoms with van der Waals surface area (Å²) in [6.45, 7) is 1.14. The Bertz CT molecular complexity index is 529. The molecule has 6 heteroatoms. The summed E-state index contributed by atoms with van der Waals surface area (Å²) < 4.78 is 5.61. The van der Waals surface area contributed by atoms with Crippen LogP contribution in [-0.2, 0) is 9.59 Å². The summed E-state index contributed by atoms with van der Waals surface area (Å²) in [4.78, 5) is 24.2. The number of carbonyl (C=O) groups is 2. The van der Waals surface area contributed by atoms with Gasteiger partial charge in [-0.3, -0.25) is 14.5 Å². The molecule has 1 heterocycles. The lowest BCUT2D eigenvalue weighted by Crippen LogP contribution is -2.29. The number of nitrogens with zero attached hydrogens (tertiary/aromatic N) is 1. The minimum Gasteiger partial charge on any atom is -0.491 e. The molecule has 1 saturated heterocycles. The van der Waals surface area contributed by atoms with Crippen molar-refractivity contribution in [2.75, 3.05) is 24.6 Å². The Morgan fingerprint density at radius 3 is 2.36 bits per heavy atom. The molecule has 6 nitrogen and oxygen atoms in total. The van der Waals surface area contributed by atoms with E-state index in [1.165, 1.54) is 4.90 Å². The minimum absolute atomic E-state index is 0.0350. The largest absolute Gasteiger partial charge is 0.491 e. The Morgan fingerprint density at radius 2 is 1.68 bits per heavy atom. The summed E-state index contributed by atoms with van der Waals surface area (Å²) in [6, 6.07) is 5.21. The Labute approximate surface area is 130 Å². The summed E-state index contributed by atoms with van der Waals surface area (Å²) in [5.74, 6) is 0.585. The van der Waals surface area contributed by atoms with E-state index in [1.807, 2.05) is 0 Å². The number of carbonyl (C=O) groups excluding carboxylic acids is 2. The number of hydrogen-bond acceptors (Lipinski definition) is 5. The van der Waals surface area contributed by atoms with Gasteiger partial charge in [0.2, 0.25) is 11.8 Å². The summed E-state index contributed by atoms with van der Waals surface area (Å²) in [6.07, 6.45) is 4.46. The van der Waals surface area contributed by atoms with Gasteiger partial charge in [0.15, 0.2) is 0 Å². The van der Waals surface area contributed by atoms with Crippen molar-refractivity contribution >= 4 is 23.2 Å². The van der Waals surface area contributed by atoms with Gasteiger partial charge in [-0.25, -0.2) is 0 Å². The van der Waals surface area contributed by atoms with Gasteiger partial charge in [0.05, 0.1) is 12.3 Å². The van der Waals surface area contributed by atoms with Crippen molar-refractivity contribution in [3.05, 3.63) is 18.2 Å². The maximum Gasteiger partial charge on any atom is 0.229 e. The second-order valence-electron chi connectivity index (χ2n) is 5.50. The number of anilines is 2. The molecular formula is C16H23N3O3. The van der Waals surface area contributed by atoms with Crippen molar-refractivity contribution < 1.29 is 14.3 Å². The van der Waals surface area contributed by atoms with Crippen LogP contribution in [0, 0.1) is 0 Å². The van der Waals surface area contributed by atoms with Gasteiger partial charge in [0.25, 0.3) is 0 Å². The molecule has 2 amide bonds. The van der Waals surface area contributed by atoms with E-state index in [-0.39, 0.29) is 11.8 Å². The average Bonchev–Trinajstić information content (AvgIpc) is 2.79. The fourth-order valence-electron chi connectivity index (χ4n) is 2.48. The topological polar surface area (TPSA) is 98.6 Å². The molecule has 1 aliphatic rings. The van der Waals surface area contributed by atoms with E-state index in [4.69, 9.17) is 16.2 Å². The van der Waals surface area contributed by atoms with Crippen LogP contribution in [0.1, 0.15) is 38.5 Å². The van der Waals surface area contributed by atoms with Crippen LogP contribution in [0.2, 0.25) is 0 Å². The lowest BCUT2D eigenvalue weighted by Gasteiger charge is -2.13. The molecule has 4 N–H and O–H groups in total. The van der Waals surface area contributed by atoms with Crippen LogP contribution in [0.5, 0.6) is 5.75 Å². The quantitative estimate of drug-likeness (QED) is 0.434. The molecule has 0 aromatic heterocycles. The molecule has 22 heavy (non-hydrogen) atoms. The van der Waals surface area contributed by atoms with Crippen LogP contribution in [-0.4, -0.2) is 29.9 Å². The Balaban J connectivity index is 1.56. The third-order valence-corrected chi connectivity index (χ3v) is 3.72. The lowest BCUT2D eigenvalue weighted by molar-refractivity contribution is -0.138. The first-order chi connectivity index (χ1) is 10.6. The zero-order chi connectivity index (χ0) is 15.9. The average molecular weight is 305 g/mol. The van der Waals surface area contributed by atoms with E-state index in [1.54, 1.807) is 18.2 Å². The molecular weight excluding hydrogens is 282 g/mol. The number of rotatable bonds is 8. The van der Waals surface area contributed by atoms with E-state index in [2.05, 4.69) is 0 Å². The molecule has 1 aromatic rings. The maximum absolute atomic E-state index is 11.4. The van der Waals surface area contributed by atoms with Crippen molar-refractivity contribution in [1.82, 2.24) is 4.90 Å². The summed E-state index contributed by atoms with van der Waals surface area (Å²) >= 11 is 0. The van der Waals surface area contributed by atoms with Crippen LogP contribution in [0.15, 0.2) is 18.2 Å². The van der Waals surface area contributed by atoms with Gasteiger partial charge in [0.1, 0.15) is 5.75 Å². The van der Waals surface area contributed by atoms with Gasteiger partial charge in [-0.05, 0) is 31.0 Å². The fraction of sp³-hybridized carbons (Fsp3) is 0.500. The third kappa shape index (κ3) is 4.38. The third-order valence-electron chi connectivity index (χ3n) is 3.72. The molecule has 0 unspecified atom stereocenters. The first-order valence-corrected chi connectivity index (χ1v) is 7.69. The standard InChI is InChI=1S/C16H23N3O3/c17-12-5-6-14(13(18)11-12)22-10-4-2-1-3-9-19-15(20)7-8-16(19)21/h5-6,11H,1-4,7-10,17-18H2. The number of amides is 2. The number of benzene rings is 1. The Kier molecular flexibility index (Phi) is 5.63. The highest BCUT2D eigenvalue weighted by Gasteiger charge is 2.27. The lowest BCUT2D eigenvalue weighted by atomic mass is 10.2. The smallest absolute Gasteiger partial charge is 0.229 e. The maximum atomic E-state index is 11.4. The molecule has 1 aliphatic heterocycles. The van der Waals surface area contributed by atoms with E-state index >= 15 is 0 Å². The molecule has 0 spiro atoms. The SMILES string of the molecule is Nc1ccc(OCCCCCCN2C(=O)CCC2=O)c(N)c1. The zero-order valence-electron chi connectivity index (χ0n) is 12.7. The number of unbranched alkanes of at least 4 members (excludes halogenated alkanes) is 3. The van der Waals surface area contributed by atoms with Crippen molar-refractivity contribution in [2.24, 2.45) is 0 Å². The number of ether oxygens (including phenoxy) is 1. The molecule has 0 saturated carbocycles. The minimum atomic E-state index is -0.0350. The first kappa shape index (κ1) is 16.1. The highest BCUT2D eigenvalue weighted by atomic mass is 16.5. The molecule has 0 atom stereocenters. The van der Waals surface area contributed by atoms with Crippen LogP contribution >= 0.6 is 0 Å².